The van der Waals surface area contributed by atoms with Crippen LogP contribution in [-0.4, -0.2) is 21.2 Å². The first-order valence-electron chi connectivity index (χ1n) is 30.1. The van der Waals surface area contributed by atoms with E-state index in [1.165, 1.54) is 100 Å². The Labute approximate surface area is 490 Å². The van der Waals surface area contributed by atoms with E-state index in [1.54, 1.807) is 0 Å². The molecule has 0 bridgehead atoms. The fraction of sp³-hybridized carbons (Fsp3) is 0.114. The molecule has 17 rings (SSSR count). The monoisotopic (exact) mass is 1080 g/mol. The molecule has 402 valence electrons. The fourth-order valence-electron chi connectivity index (χ4n) is 15.6. The van der Waals surface area contributed by atoms with Crippen LogP contribution in [0.5, 0.6) is 0 Å². The van der Waals surface area contributed by atoms with Gasteiger partial charge in [0.15, 0.2) is 0 Å². The van der Waals surface area contributed by atoms with Gasteiger partial charge in [0, 0.05) is 90.6 Å². The van der Waals surface area contributed by atoms with Crippen molar-refractivity contribution >= 4 is 78.6 Å². The summed E-state index contributed by atoms with van der Waals surface area (Å²) in [6.07, 6.45) is 24.0. The minimum atomic E-state index is -0.565. The number of nitrogens with zero attached hydrogens (tertiary/aromatic N) is 5. The molecule has 2 aromatic heterocycles. The molecule has 3 heterocycles. The van der Waals surface area contributed by atoms with Crippen LogP contribution in [0.3, 0.4) is 0 Å². The molecule has 0 saturated carbocycles. The van der Waals surface area contributed by atoms with Crippen molar-refractivity contribution < 1.29 is 0 Å². The van der Waals surface area contributed by atoms with Crippen LogP contribution in [-0.2, 0) is 11.8 Å². The number of fused-ring (bicyclic) bond motifs is 15. The molecule has 0 radical (unpaired) electrons. The highest BCUT2D eigenvalue weighted by Crippen LogP contribution is 2.65. The quantitative estimate of drug-likeness (QED) is 0.134. The minimum Gasteiger partial charge on any atom is -0.337 e. The van der Waals surface area contributed by atoms with Gasteiger partial charge in [-0.15, -0.1) is 0 Å². The van der Waals surface area contributed by atoms with Gasteiger partial charge >= 0.3 is 0 Å². The molecule has 0 fully saturated rings. The molecule has 10 aromatic carbocycles. The van der Waals surface area contributed by atoms with E-state index in [2.05, 4.69) is 315 Å². The van der Waals surface area contributed by atoms with Crippen LogP contribution in [0.15, 0.2) is 285 Å². The predicted octanol–water partition coefficient (Wildman–Crippen LogP) is 20.0. The SMILES string of the molecule is C1=CCC(N(c2ccc3c(c2)C2(c4cc(N(c5ccccc5)c5ccc6c(c5)c5c(n6-c6ccccc6)CCC=C5)ccc4-3)c3ccccc3N(c3ccccc3)C3CCC=CC32)c2ccc3c(c2)c2ccccc2n3-c2ccccc2)C=C1. The van der Waals surface area contributed by atoms with Crippen molar-refractivity contribution in [1.82, 2.24) is 9.13 Å². The summed E-state index contributed by atoms with van der Waals surface area (Å²) in [4.78, 5) is 7.83. The Kier molecular flexibility index (Phi) is 11.3. The van der Waals surface area contributed by atoms with Gasteiger partial charge in [0.25, 0.3) is 0 Å². The number of anilines is 7. The molecule has 5 aliphatic rings. The van der Waals surface area contributed by atoms with Crippen LogP contribution in [0.4, 0.5) is 39.8 Å². The third-order valence-corrected chi connectivity index (χ3v) is 19.0. The molecule has 0 saturated heterocycles. The van der Waals surface area contributed by atoms with E-state index in [4.69, 9.17) is 0 Å². The van der Waals surface area contributed by atoms with Gasteiger partial charge in [-0.25, -0.2) is 0 Å². The Bertz CT molecular complexity index is 4680. The highest BCUT2D eigenvalue weighted by molar-refractivity contribution is 6.10. The first-order chi connectivity index (χ1) is 41.7. The molecule has 4 unspecified atom stereocenters. The molecule has 4 aliphatic carbocycles. The second-order valence-electron chi connectivity index (χ2n) is 23.3. The van der Waals surface area contributed by atoms with Crippen LogP contribution in [0.1, 0.15) is 53.6 Å². The summed E-state index contributed by atoms with van der Waals surface area (Å²) >= 11 is 0. The summed E-state index contributed by atoms with van der Waals surface area (Å²) < 4.78 is 4.91. The number of allylic oxidation sites excluding steroid dienone is 4. The fourth-order valence-corrected chi connectivity index (χ4v) is 15.6. The lowest BCUT2D eigenvalue weighted by Crippen LogP contribution is -2.53. The minimum absolute atomic E-state index is 0.0934. The van der Waals surface area contributed by atoms with Crippen molar-refractivity contribution in [2.45, 2.75) is 49.6 Å². The second-order valence-corrected chi connectivity index (χ2v) is 23.3. The second kappa shape index (κ2) is 19.5. The van der Waals surface area contributed by atoms with Gasteiger partial charge in [-0.05, 0) is 181 Å². The van der Waals surface area contributed by atoms with Gasteiger partial charge in [0.05, 0.1) is 28.0 Å². The normalized spacial score (nSPS) is 18.9. The predicted molar refractivity (Wildman–Crippen MR) is 351 cm³/mol. The van der Waals surface area contributed by atoms with E-state index in [9.17, 15) is 0 Å². The molecule has 84 heavy (non-hydrogen) atoms. The third kappa shape index (κ3) is 7.34. The number of hydrogen-bond donors (Lipinski definition) is 0. The number of para-hydroxylation sites is 6. The van der Waals surface area contributed by atoms with Crippen molar-refractivity contribution in [3.8, 4) is 22.5 Å². The zero-order chi connectivity index (χ0) is 55.3. The van der Waals surface area contributed by atoms with Crippen molar-refractivity contribution in [2.75, 3.05) is 14.7 Å². The van der Waals surface area contributed by atoms with Crippen LogP contribution in [0.25, 0.3) is 61.3 Å². The molecular weight excluding hydrogens is 1020 g/mol. The molecule has 4 atom stereocenters. The van der Waals surface area contributed by atoms with Gasteiger partial charge < -0.3 is 23.8 Å². The maximum Gasteiger partial charge on any atom is 0.0567 e. The lowest BCUT2D eigenvalue weighted by atomic mass is 9.57. The van der Waals surface area contributed by atoms with Crippen LogP contribution >= 0.6 is 0 Å². The summed E-state index contributed by atoms with van der Waals surface area (Å²) in [6, 6.07) is 91.8. The topological polar surface area (TPSA) is 19.6 Å². The van der Waals surface area contributed by atoms with Gasteiger partial charge in [-0.2, -0.15) is 0 Å². The Balaban J connectivity index is 0.898. The van der Waals surface area contributed by atoms with Crippen molar-refractivity contribution in [3.63, 3.8) is 0 Å². The van der Waals surface area contributed by atoms with E-state index >= 15 is 0 Å². The summed E-state index contributed by atoms with van der Waals surface area (Å²) in [7, 11) is 0. The van der Waals surface area contributed by atoms with E-state index in [1.807, 2.05) is 0 Å². The first-order valence-corrected chi connectivity index (χ1v) is 30.1. The highest BCUT2D eigenvalue weighted by Gasteiger charge is 2.57. The van der Waals surface area contributed by atoms with E-state index in [0.29, 0.717) is 0 Å². The molecular formula is C79H61N5. The Morgan fingerprint density at radius 1 is 0.417 bits per heavy atom. The molecule has 12 aromatic rings. The van der Waals surface area contributed by atoms with Gasteiger partial charge in [-0.1, -0.05) is 170 Å². The zero-order valence-electron chi connectivity index (χ0n) is 46.7. The number of aromatic nitrogens is 2. The van der Waals surface area contributed by atoms with Crippen LogP contribution in [0.2, 0.25) is 0 Å². The highest BCUT2D eigenvalue weighted by atomic mass is 15.2. The van der Waals surface area contributed by atoms with Crippen LogP contribution in [0, 0.1) is 5.92 Å². The average Bonchev–Trinajstić information content (AvgIpc) is 2.11. The summed E-state index contributed by atoms with van der Waals surface area (Å²) in [5, 5.41) is 3.76. The van der Waals surface area contributed by atoms with Gasteiger partial charge in [0.1, 0.15) is 0 Å². The maximum absolute atomic E-state index is 2.69. The number of benzene rings is 10. The molecule has 5 heteroatoms. The van der Waals surface area contributed by atoms with Crippen LogP contribution < -0.4 is 14.7 Å². The summed E-state index contributed by atoms with van der Waals surface area (Å²) in [5.41, 5.74) is 23.1. The number of rotatable bonds is 9. The lowest BCUT2D eigenvalue weighted by molar-refractivity contribution is 0.332. The first kappa shape index (κ1) is 48.6. The third-order valence-electron chi connectivity index (χ3n) is 19.0. The summed E-state index contributed by atoms with van der Waals surface area (Å²) in [5.74, 6) is 0.0934. The Morgan fingerprint density at radius 2 is 1.01 bits per heavy atom. The molecule has 5 nitrogen and oxygen atoms in total. The average molecular weight is 1080 g/mol. The lowest BCUT2D eigenvalue weighted by Gasteiger charge is -2.54. The molecule has 0 N–H and O–H groups in total. The maximum atomic E-state index is 2.69. The summed E-state index contributed by atoms with van der Waals surface area (Å²) in [6.45, 7) is 0. The van der Waals surface area contributed by atoms with Gasteiger partial charge in [0.2, 0.25) is 0 Å². The molecule has 1 spiro atoms. The van der Waals surface area contributed by atoms with E-state index < -0.39 is 5.41 Å². The standard InChI is InChI=1S/C79H61N5/c1-6-24-54(25-7-1)80(59-44-48-75-67(50-59)65-34-16-20-38-73(65)82(75)56-28-10-3-11-29-56)61-42-46-63-64-47-43-62(53-72(64)79(71(63)52-61)69-36-18-22-40-77(69)84(58-32-14-5-15-33-58)78-41-23-19-37-70(78)79)81(55-26-8-2-9-27-55)60-45-49-76-68(51-60)66-35-17-21-39-74(66)83(76)57-30-12-4-13-31-57/h1-20,22,24,26-38,40,42-54,70,78H,21,23,25,39,41H2. The molecule has 0 amide bonds. The smallest absolute Gasteiger partial charge is 0.0567 e. The molecule has 1 aliphatic heterocycles. The van der Waals surface area contributed by atoms with Crippen molar-refractivity contribution in [3.05, 3.63) is 313 Å². The van der Waals surface area contributed by atoms with Gasteiger partial charge in [-0.3, -0.25) is 0 Å². The Morgan fingerprint density at radius 3 is 1.77 bits per heavy atom. The van der Waals surface area contributed by atoms with E-state index in [0.717, 1.165) is 54.9 Å². The largest absolute Gasteiger partial charge is 0.337 e. The van der Waals surface area contributed by atoms with E-state index in [-0.39, 0.29) is 18.0 Å². The number of hydrogen-bond acceptors (Lipinski definition) is 3. The van der Waals surface area contributed by atoms with Crippen molar-refractivity contribution in [2.24, 2.45) is 5.92 Å². The zero-order valence-corrected chi connectivity index (χ0v) is 46.7. The van der Waals surface area contributed by atoms with Crippen molar-refractivity contribution in [1.29, 1.82) is 0 Å². The Hall–Kier alpha value is -10.1.